The summed E-state index contributed by atoms with van der Waals surface area (Å²) >= 11 is 0. The van der Waals surface area contributed by atoms with Gasteiger partial charge in [0.1, 0.15) is 11.6 Å². The molecule has 0 saturated carbocycles. The van der Waals surface area contributed by atoms with Gasteiger partial charge in [0.15, 0.2) is 6.10 Å². The fourth-order valence-corrected chi connectivity index (χ4v) is 3.21. The van der Waals surface area contributed by atoms with Crippen molar-refractivity contribution in [1.82, 2.24) is 10.2 Å². The summed E-state index contributed by atoms with van der Waals surface area (Å²) in [4.78, 5) is 52.1. The second-order valence-electron chi connectivity index (χ2n) is 8.71. The van der Waals surface area contributed by atoms with Crippen LogP contribution in [0.3, 0.4) is 0 Å². The molecule has 0 saturated heterocycles. The molecule has 0 spiro atoms. The zero-order valence-electron chi connectivity index (χ0n) is 18.8. The third-order valence-corrected chi connectivity index (χ3v) is 5.54. The molecule has 1 aliphatic heterocycles. The number of benzene rings is 1. The Balaban J connectivity index is 2.21. The Hall–Kier alpha value is -3.21. The smallest absolute Gasteiger partial charge is 0.330 e. The Morgan fingerprint density at radius 1 is 1.10 bits per heavy atom. The second-order valence-corrected chi connectivity index (χ2v) is 8.71. The Labute approximate surface area is 182 Å². The Bertz CT molecular complexity index is 898. The topological polar surface area (TPSA) is 117 Å². The summed E-state index contributed by atoms with van der Waals surface area (Å²) in [6.07, 6.45) is -1.01. The van der Waals surface area contributed by atoms with E-state index >= 15 is 0 Å². The van der Waals surface area contributed by atoms with Crippen molar-refractivity contribution in [3.8, 4) is 6.07 Å². The van der Waals surface area contributed by atoms with Gasteiger partial charge in [-0.3, -0.25) is 19.3 Å². The molecule has 8 nitrogen and oxygen atoms in total. The molecule has 3 amide bonds. The molecule has 1 aliphatic rings. The van der Waals surface area contributed by atoms with Crippen molar-refractivity contribution in [2.45, 2.75) is 65.6 Å². The van der Waals surface area contributed by atoms with Crippen molar-refractivity contribution >= 4 is 23.7 Å². The largest absolute Gasteiger partial charge is 0.451 e. The first-order valence-electron chi connectivity index (χ1n) is 10.3. The van der Waals surface area contributed by atoms with Gasteiger partial charge in [0.2, 0.25) is 0 Å². The average Bonchev–Trinajstić information content (AvgIpc) is 2.96. The maximum absolute atomic E-state index is 13.0. The Morgan fingerprint density at radius 3 is 2.03 bits per heavy atom. The number of amides is 3. The van der Waals surface area contributed by atoms with Crippen LogP contribution in [0.1, 0.15) is 68.7 Å². The zero-order valence-corrected chi connectivity index (χ0v) is 18.8. The van der Waals surface area contributed by atoms with E-state index in [0.717, 1.165) is 4.90 Å². The van der Waals surface area contributed by atoms with E-state index in [0.29, 0.717) is 0 Å². The highest BCUT2D eigenvalue weighted by atomic mass is 16.5. The highest BCUT2D eigenvalue weighted by Gasteiger charge is 2.44. The number of hydrogen-bond donors (Lipinski definition) is 1. The first-order chi connectivity index (χ1) is 14.4. The number of nitriles is 1. The number of fused-ring (bicyclic) bond motifs is 1. The van der Waals surface area contributed by atoms with E-state index in [1.807, 2.05) is 13.8 Å². The van der Waals surface area contributed by atoms with Gasteiger partial charge in [0.05, 0.1) is 17.2 Å². The van der Waals surface area contributed by atoms with Crippen molar-refractivity contribution in [1.29, 1.82) is 5.26 Å². The van der Waals surface area contributed by atoms with E-state index in [1.165, 1.54) is 19.1 Å². The zero-order chi connectivity index (χ0) is 23.5. The first kappa shape index (κ1) is 24.1. The van der Waals surface area contributed by atoms with Crippen molar-refractivity contribution in [3.63, 3.8) is 0 Å². The number of ether oxygens (including phenoxy) is 1. The quantitative estimate of drug-likeness (QED) is 0.504. The number of rotatable bonds is 8. The van der Waals surface area contributed by atoms with Gasteiger partial charge < -0.3 is 10.1 Å². The van der Waals surface area contributed by atoms with Crippen molar-refractivity contribution < 1.29 is 23.9 Å². The van der Waals surface area contributed by atoms with Gasteiger partial charge in [0, 0.05) is 0 Å². The molecule has 1 aromatic carbocycles. The van der Waals surface area contributed by atoms with E-state index in [1.54, 1.807) is 32.9 Å². The van der Waals surface area contributed by atoms with Crippen LogP contribution in [0.25, 0.3) is 0 Å². The van der Waals surface area contributed by atoms with Crippen molar-refractivity contribution in [3.05, 3.63) is 35.4 Å². The van der Waals surface area contributed by atoms with Crippen LogP contribution < -0.4 is 5.32 Å². The van der Waals surface area contributed by atoms with Crippen LogP contribution in [-0.4, -0.2) is 46.3 Å². The van der Waals surface area contributed by atoms with E-state index in [9.17, 15) is 24.4 Å². The van der Waals surface area contributed by atoms with Gasteiger partial charge in [-0.05, 0) is 44.2 Å². The van der Waals surface area contributed by atoms with Crippen LogP contribution in [0.4, 0.5) is 0 Å². The predicted molar refractivity (Wildman–Crippen MR) is 113 cm³/mol. The summed E-state index contributed by atoms with van der Waals surface area (Å²) in [6, 6.07) is 7.28. The van der Waals surface area contributed by atoms with E-state index in [4.69, 9.17) is 4.74 Å². The minimum Gasteiger partial charge on any atom is -0.451 e. The van der Waals surface area contributed by atoms with Crippen LogP contribution in [-0.2, 0) is 14.3 Å². The molecule has 0 aromatic heterocycles. The third-order valence-electron chi connectivity index (χ3n) is 5.54. The molecular formula is C23H29N3O5. The number of hydrogen-bond acceptors (Lipinski definition) is 6. The summed E-state index contributed by atoms with van der Waals surface area (Å²) < 4.78 is 5.35. The Morgan fingerprint density at radius 2 is 1.61 bits per heavy atom. The van der Waals surface area contributed by atoms with Gasteiger partial charge in [-0.15, -0.1) is 0 Å². The average molecular weight is 428 g/mol. The van der Waals surface area contributed by atoms with E-state index in [-0.39, 0.29) is 29.4 Å². The van der Waals surface area contributed by atoms with Crippen LogP contribution in [0, 0.1) is 23.2 Å². The minimum atomic E-state index is -1.20. The maximum Gasteiger partial charge on any atom is 0.330 e. The molecule has 1 N–H and O–H groups in total. The van der Waals surface area contributed by atoms with Gasteiger partial charge in [-0.25, -0.2) is 4.79 Å². The minimum absolute atomic E-state index is 0.0196. The molecule has 0 aliphatic carbocycles. The summed E-state index contributed by atoms with van der Waals surface area (Å²) in [5.41, 5.74) is -0.652. The SMILES string of the molecule is CC(C)C[C@@H](C(=O)O[C@H](C)C(=O)N[C@@](C)(C#N)C(C)C)N1C(=O)c2ccccc2C1=O. The molecule has 2 rings (SSSR count). The molecule has 0 unspecified atom stereocenters. The third kappa shape index (κ3) is 4.93. The number of carbonyl (C=O) groups is 4. The monoisotopic (exact) mass is 427 g/mol. The molecule has 0 bridgehead atoms. The van der Waals surface area contributed by atoms with Crippen molar-refractivity contribution in [2.75, 3.05) is 0 Å². The van der Waals surface area contributed by atoms with Crippen LogP contribution in [0.5, 0.6) is 0 Å². The highest BCUT2D eigenvalue weighted by Crippen LogP contribution is 2.27. The number of nitrogens with zero attached hydrogens (tertiary/aromatic N) is 2. The molecular weight excluding hydrogens is 398 g/mol. The lowest BCUT2D eigenvalue weighted by Gasteiger charge is -2.30. The number of esters is 1. The normalized spacial score (nSPS) is 17.1. The molecule has 8 heteroatoms. The first-order valence-corrected chi connectivity index (χ1v) is 10.3. The highest BCUT2D eigenvalue weighted by molar-refractivity contribution is 6.22. The molecule has 0 fully saturated rings. The van der Waals surface area contributed by atoms with E-state index < -0.39 is 41.4 Å². The van der Waals surface area contributed by atoms with E-state index in [2.05, 4.69) is 11.4 Å². The second kappa shape index (κ2) is 9.29. The van der Waals surface area contributed by atoms with Gasteiger partial charge in [0.25, 0.3) is 17.7 Å². The summed E-state index contributed by atoms with van der Waals surface area (Å²) in [6.45, 7) is 10.3. The molecule has 1 aromatic rings. The molecule has 166 valence electrons. The van der Waals surface area contributed by atoms with Gasteiger partial charge >= 0.3 is 5.97 Å². The number of imide groups is 1. The standard InChI is InChI=1S/C23H29N3O5/c1-13(2)11-18(26-20(28)16-9-7-8-10-17(16)21(26)29)22(30)31-15(5)19(27)25-23(6,12-24)14(3)4/h7-10,13-15,18H,11H2,1-6H3,(H,25,27)/t15-,18+,23+/m1/s1. The number of nitrogens with one attached hydrogen (secondary N) is 1. The molecule has 3 atom stereocenters. The van der Waals surface area contributed by atoms with Gasteiger partial charge in [-0.1, -0.05) is 39.8 Å². The lowest BCUT2D eigenvalue weighted by Crippen LogP contribution is -2.53. The van der Waals surface area contributed by atoms with Crippen LogP contribution in [0.2, 0.25) is 0 Å². The summed E-state index contributed by atoms with van der Waals surface area (Å²) in [5, 5.41) is 12.0. The fourth-order valence-electron chi connectivity index (χ4n) is 3.21. The fraction of sp³-hybridized carbons (Fsp3) is 0.522. The molecule has 1 heterocycles. The summed E-state index contributed by atoms with van der Waals surface area (Å²) in [7, 11) is 0. The summed E-state index contributed by atoms with van der Waals surface area (Å²) in [5.74, 6) is -2.77. The van der Waals surface area contributed by atoms with Crippen molar-refractivity contribution in [2.24, 2.45) is 11.8 Å². The lowest BCUT2D eigenvalue weighted by atomic mass is 9.90. The molecule has 0 radical (unpaired) electrons. The van der Waals surface area contributed by atoms with Crippen LogP contribution >= 0.6 is 0 Å². The van der Waals surface area contributed by atoms with Crippen LogP contribution in [0.15, 0.2) is 24.3 Å². The molecule has 31 heavy (non-hydrogen) atoms. The lowest BCUT2D eigenvalue weighted by molar-refractivity contribution is -0.159. The van der Waals surface area contributed by atoms with Gasteiger partial charge in [-0.2, -0.15) is 5.26 Å². The Kier molecular flexibility index (Phi) is 7.21. The number of carbonyl (C=O) groups excluding carboxylic acids is 4. The predicted octanol–water partition coefficient (Wildman–Crippen LogP) is 2.68. The maximum atomic E-state index is 13.0.